The molecule has 1 aliphatic rings. The van der Waals surface area contributed by atoms with Gasteiger partial charge < -0.3 is 10.2 Å². The molecule has 0 bridgehead atoms. The van der Waals surface area contributed by atoms with Crippen LogP contribution in [0.25, 0.3) is 0 Å². The molecule has 0 aliphatic carbocycles. The molecule has 1 N–H and O–H groups in total. The highest BCUT2D eigenvalue weighted by Gasteiger charge is 2.08. The molecular weight excluding hydrogens is 266 g/mol. The first-order valence-electron chi connectivity index (χ1n) is 5.92. The van der Waals surface area contributed by atoms with Crippen molar-refractivity contribution < 1.29 is 0 Å². The molecule has 3 nitrogen and oxygen atoms in total. The maximum absolute atomic E-state index is 4.19. The number of aromatic nitrogens is 1. The minimum atomic E-state index is 0.883. The quantitative estimate of drug-likeness (QED) is 0.862. The van der Waals surface area contributed by atoms with E-state index in [-0.39, 0.29) is 0 Å². The number of anilines is 1. The van der Waals surface area contributed by atoms with Gasteiger partial charge in [-0.15, -0.1) is 0 Å². The van der Waals surface area contributed by atoms with Crippen molar-refractivity contribution in [3.8, 4) is 0 Å². The number of rotatable bonds is 4. The van der Waals surface area contributed by atoms with Crippen LogP contribution in [-0.4, -0.2) is 36.1 Å². The van der Waals surface area contributed by atoms with Crippen LogP contribution in [0.15, 0.2) is 22.9 Å². The molecule has 16 heavy (non-hydrogen) atoms. The number of nitrogens with one attached hydrogen (secondary N) is 1. The highest BCUT2D eigenvalue weighted by molar-refractivity contribution is 9.10. The molecule has 0 radical (unpaired) electrons. The van der Waals surface area contributed by atoms with E-state index in [0.29, 0.717) is 0 Å². The van der Waals surface area contributed by atoms with Crippen molar-refractivity contribution in [3.05, 3.63) is 22.9 Å². The second-order valence-electron chi connectivity index (χ2n) is 4.20. The molecular formula is C12H18BrN3. The minimum absolute atomic E-state index is 0.883. The maximum Gasteiger partial charge on any atom is 0.106 e. The van der Waals surface area contributed by atoms with Crippen molar-refractivity contribution in [2.75, 3.05) is 31.5 Å². The molecule has 1 aromatic rings. The third kappa shape index (κ3) is 3.76. The predicted molar refractivity (Wildman–Crippen MR) is 70.7 cm³/mol. The van der Waals surface area contributed by atoms with Crippen LogP contribution in [0.4, 0.5) is 5.69 Å². The van der Waals surface area contributed by atoms with Crippen LogP contribution in [-0.2, 0) is 0 Å². The van der Waals surface area contributed by atoms with Gasteiger partial charge in [-0.1, -0.05) is 6.42 Å². The van der Waals surface area contributed by atoms with Crippen LogP contribution in [0, 0.1) is 0 Å². The van der Waals surface area contributed by atoms with Gasteiger partial charge in [0, 0.05) is 13.1 Å². The number of nitrogens with zero attached hydrogens (tertiary/aromatic N) is 2. The standard InChI is InChI=1S/C12H18BrN3/c13-12-5-4-11(10-15-12)14-6-9-16-7-2-1-3-8-16/h4-5,10,14H,1-3,6-9H2. The molecule has 0 aromatic carbocycles. The summed E-state index contributed by atoms with van der Waals surface area (Å²) in [6.07, 6.45) is 5.99. The van der Waals surface area contributed by atoms with Crippen molar-refractivity contribution in [2.24, 2.45) is 0 Å². The molecule has 1 fully saturated rings. The highest BCUT2D eigenvalue weighted by atomic mass is 79.9. The molecule has 0 amide bonds. The Morgan fingerprint density at radius 3 is 2.75 bits per heavy atom. The topological polar surface area (TPSA) is 28.2 Å². The Balaban J connectivity index is 1.69. The fourth-order valence-electron chi connectivity index (χ4n) is 2.02. The zero-order valence-electron chi connectivity index (χ0n) is 9.45. The zero-order valence-corrected chi connectivity index (χ0v) is 11.0. The lowest BCUT2D eigenvalue weighted by molar-refractivity contribution is 0.237. The third-order valence-electron chi connectivity index (χ3n) is 2.93. The number of pyridine rings is 1. The van der Waals surface area contributed by atoms with Crippen LogP contribution < -0.4 is 5.32 Å². The smallest absolute Gasteiger partial charge is 0.106 e. The third-order valence-corrected chi connectivity index (χ3v) is 3.40. The van der Waals surface area contributed by atoms with Crippen LogP contribution in [0.5, 0.6) is 0 Å². The molecule has 4 heteroatoms. The Kier molecular flexibility index (Phi) is 4.60. The zero-order chi connectivity index (χ0) is 11.2. The van der Waals surface area contributed by atoms with Gasteiger partial charge in [0.2, 0.25) is 0 Å². The van der Waals surface area contributed by atoms with Crippen LogP contribution in [0.3, 0.4) is 0 Å². The van der Waals surface area contributed by atoms with Gasteiger partial charge in [0.25, 0.3) is 0 Å². The lowest BCUT2D eigenvalue weighted by Crippen LogP contribution is -2.33. The van der Waals surface area contributed by atoms with Gasteiger partial charge in [0.15, 0.2) is 0 Å². The number of hydrogen-bond acceptors (Lipinski definition) is 3. The molecule has 0 atom stereocenters. The minimum Gasteiger partial charge on any atom is -0.383 e. The second kappa shape index (κ2) is 6.21. The number of piperidine rings is 1. The predicted octanol–water partition coefficient (Wildman–Crippen LogP) is 2.74. The maximum atomic E-state index is 4.19. The Bertz CT molecular complexity index is 307. The summed E-state index contributed by atoms with van der Waals surface area (Å²) in [5, 5.41) is 3.39. The van der Waals surface area contributed by atoms with Gasteiger partial charge in [0.1, 0.15) is 4.60 Å². The normalized spacial score (nSPS) is 17.3. The molecule has 0 spiro atoms. The lowest BCUT2D eigenvalue weighted by atomic mass is 10.1. The highest BCUT2D eigenvalue weighted by Crippen LogP contribution is 2.11. The van der Waals surface area contributed by atoms with E-state index in [1.807, 2.05) is 18.3 Å². The first-order chi connectivity index (χ1) is 7.84. The summed E-state index contributed by atoms with van der Waals surface area (Å²) in [6.45, 7) is 4.67. The Hall–Kier alpha value is -0.610. The fourth-order valence-corrected chi connectivity index (χ4v) is 2.26. The van der Waals surface area contributed by atoms with E-state index in [1.165, 1.54) is 32.4 Å². The second-order valence-corrected chi connectivity index (χ2v) is 5.01. The van der Waals surface area contributed by atoms with Crippen molar-refractivity contribution in [1.82, 2.24) is 9.88 Å². The summed E-state index contributed by atoms with van der Waals surface area (Å²) in [5.41, 5.74) is 1.10. The number of hydrogen-bond donors (Lipinski definition) is 1. The molecule has 88 valence electrons. The Morgan fingerprint density at radius 2 is 2.06 bits per heavy atom. The van der Waals surface area contributed by atoms with Gasteiger partial charge >= 0.3 is 0 Å². The van der Waals surface area contributed by atoms with E-state index in [0.717, 1.165) is 23.4 Å². The summed E-state index contributed by atoms with van der Waals surface area (Å²) in [5.74, 6) is 0. The summed E-state index contributed by atoms with van der Waals surface area (Å²) in [7, 11) is 0. The van der Waals surface area contributed by atoms with Gasteiger partial charge in [-0.3, -0.25) is 0 Å². The Morgan fingerprint density at radius 1 is 1.25 bits per heavy atom. The molecule has 0 saturated carbocycles. The van der Waals surface area contributed by atoms with Crippen LogP contribution in [0.2, 0.25) is 0 Å². The molecule has 2 heterocycles. The van der Waals surface area contributed by atoms with E-state index in [2.05, 4.69) is 31.1 Å². The number of likely N-dealkylation sites (tertiary alicyclic amines) is 1. The average molecular weight is 284 g/mol. The summed E-state index contributed by atoms with van der Waals surface area (Å²) < 4.78 is 0.883. The van der Waals surface area contributed by atoms with Gasteiger partial charge in [-0.2, -0.15) is 0 Å². The largest absolute Gasteiger partial charge is 0.383 e. The summed E-state index contributed by atoms with van der Waals surface area (Å²) in [4.78, 5) is 6.72. The van der Waals surface area contributed by atoms with Crippen LogP contribution in [0.1, 0.15) is 19.3 Å². The fraction of sp³-hybridized carbons (Fsp3) is 0.583. The van der Waals surface area contributed by atoms with Crippen LogP contribution >= 0.6 is 15.9 Å². The van der Waals surface area contributed by atoms with E-state index in [9.17, 15) is 0 Å². The van der Waals surface area contributed by atoms with Gasteiger partial charge in [0.05, 0.1) is 11.9 Å². The molecule has 2 rings (SSSR count). The van der Waals surface area contributed by atoms with Gasteiger partial charge in [-0.05, 0) is 54.0 Å². The van der Waals surface area contributed by atoms with E-state index < -0.39 is 0 Å². The van der Waals surface area contributed by atoms with E-state index in [4.69, 9.17) is 0 Å². The Labute approximate surface area is 105 Å². The van der Waals surface area contributed by atoms with E-state index in [1.54, 1.807) is 0 Å². The van der Waals surface area contributed by atoms with E-state index >= 15 is 0 Å². The SMILES string of the molecule is Brc1ccc(NCCN2CCCCC2)cn1. The summed E-state index contributed by atoms with van der Waals surface area (Å²) in [6, 6.07) is 4.01. The van der Waals surface area contributed by atoms with Crippen molar-refractivity contribution in [3.63, 3.8) is 0 Å². The molecule has 0 unspecified atom stereocenters. The first kappa shape index (κ1) is 11.9. The molecule has 1 aromatic heterocycles. The average Bonchev–Trinajstić information content (AvgIpc) is 2.33. The number of halogens is 1. The first-order valence-corrected chi connectivity index (χ1v) is 6.72. The van der Waals surface area contributed by atoms with Gasteiger partial charge in [-0.25, -0.2) is 4.98 Å². The summed E-state index contributed by atoms with van der Waals surface area (Å²) >= 11 is 3.33. The monoisotopic (exact) mass is 283 g/mol. The van der Waals surface area contributed by atoms with Crippen molar-refractivity contribution >= 4 is 21.6 Å². The van der Waals surface area contributed by atoms with Crippen molar-refractivity contribution in [1.29, 1.82) is 0 Å². The molecule has 1 saturated heterocycles. The molecule has 1 aliphatic heterocycles. The lowest BCUT2D eigenvalue weighted by Gasteiger charge is -2.26. The van der Waals surface area contributed by atoms with Crippen molar-refractivity contribution in [2.45, 2.75) is 19.3 Å².